The van der Waals surface area contributed by atoms with Gasteiger partial charge in [-0.2, -0.15) is 0 Å². The molecule has 0 bridgehead atoms. The summed E-state index contributed by atoms with van der Waals surface area (Å²) in [5, 5.41) is 2.80. The lowest BCUT2D eigenvalue weighted by molar-refractivity contribution is 0.0953. The monoisotopic (exact) mass is 368 g/mol. The normalized spacial score (nSPS) is 15.8. The fraction of sp³-hybridized carbons (Fsp3) is 0.611. The van der Waals surface area contributed by atoms with E-state index in [1.165, 1.54) is 19.2 Å². The SMILES string of the molecule is CCCCNC(=O)c1ccc(OC)c(S(=O)(=O)NC2CCCCC2)c1. The Kier molecular flexibility index (Phi) is 7.25. The summed E-state index contributed by atoms with van der Waals surface area (Å²) in [6, 6.07) is 4.46. The van der Waals surface area contributed by atoms with Crippen LogP contribution in [0.5, 0.6) is 5.75 Å². The Labute approximate surface area is 150 Å². The lowest BCUT2D eigenvalue weighted by Crippen LogP contribution is -2.36. The van der Waals surface area contributed by atoms with Crippen LogP contribution in [0.25, 0.3) is 0 Å². The third-order valence-corrected chi connectivity index (χ3v) is 6.00. The minimum absolute atomic E-state index is 0.0173. The second-order valence-electron chi connectivity index (χ2n) is 6.43. The third kappa shape index (κ3) is 5.44. The molecule has 25 heavy (non-hydrogen) atoms. The molecular formula is C18H28N2O4S. The van der Waals surface area contributed by atoms with E-state index in [9.17, 15) is 13.2 Å². The minimum Gasteiger partial charge on any atom is -0.495 e. The standard InChI is InChI=1S/C18H28N2O4S/c1-3-4-12-19-18(21)14-10-11-16(24-2)17(13-14)25(22,23)20-15-8-6-5-7-9-15/h10-11,13,15,20H,3-9,12H2,1-2H3,(H,19,21). The number of hydrogen-bond donors (Lipinski definition) is 2. The zero-order chi connectivity index (χ0) is 18.3. The van der Waals surface area contributed by atoms with Gasteiger partial charge in [-0.1, -0.05) is 32.6 Å². The molecule has 7 heteroatoms. The highest BCUT2D eigenvalue weighted by atomic mass is 32.2. The van der Waals surface area contributed by atoms with Gasteiger partial charge in [0.05, 0.1) is 7.11 Å². The number of benzene rings is 1. The number of rotatable bonds is 8. The maximum Gasteiger partial charge on any atom is 0.251 e. The van der Waals surface area contributed by atoms with E-state index in [0.29, 0.717) is 12.1 Å². The minimum atomic E-state index is -3.74. The van der Waals surface area contributed by atoms with Crippen molar-refractivity contribution in [1.29, 1.82) is 0 Å². The molecule has 0 aliphatic heterocycles. The number of sulfonamides is 1. The van der Waals surface area contributed by atoms with Crippen LogP contribution < -0.4 is 14.8 Å². The van der Waals surface area contributed by atoms with Crippen LogP contribution in [0.4, 0.5) is 0 Å². The smallest absolute Gasteiger partial charge is 0.251 e. The number of unbranched alkanes of at least 4 members (excludes halogenated alkanes) is 1. The summed E-state index contributed by atoms with van der Waals surface area (Å²) < 4.78 is 33.6. The molecule has 0 heterocycles. The zero-order valence-corrected chi connectivity index (χ0v) is 15.8. The van der Waals surface area contributed by atoms with E-state index in [4.69, 9.17) is 4.74 Å². The highest BCUT2D eigenvalue weighted by Gasteiger charge is 2.25. The Hall–Kier alpha value is -1.60. The quantitative estimate of drug-likeness (QED) is 0.691. The second kappa shape index (κ2) is 9.20. The van der Waals surface area contributed by atoms with E-state index in [2.05, 4.69) is 10.0 Å². The highest BCUT2D eigenvalue weighted by molar-refractivity contribution is 7.89. The van der Waals surface area contributed by atoms with Crippen LogP contribution in [0.3, 0.4) is 0 Å². The molecule has 1 aliphatic rings. The predicted molar refractivity (Wildman–Crippen MR) is 97.4 cm³/mol. The Morgan fingerprint density at radius 2 is 1.96 bits per heavy atom. The third-order valence-electron chi connectivity index (χ3n) is 4.46. The van der Waals surface area contributed by atoms with E-state index in [1.807, 2.05) is 6.92 Å². The van der Waals surface area contributed by atoms with Crippen molar-refractivity contribution < 1.29 is 17.9 Å². The fourth-order valence-corrected chi connectivity index (χ4v) is 4.51. The van der Waals surface area contributed by atoms with Crippen LogP contribution >= 0.6 is 0 Å². The first-order valence-electron chi connectivity index (χ1n) is 8.96. The molecule has 0 unspecified atom stereocenters. The van der Waals surface area contributed by atoms with Crippen molar-refractivity contribution in [3.05, 3.63) is 23.8 Å². The molecule has 1 amide bonds. The van der Waals surface area contributed by atoms with Crippen LogP contribution in [0.1, 0.15) is 62.2 Å². The molecule has 2 N–H and O–H groups in total. The molecule has 1 aromatic rings. The Balaban J connectivity index is 2.21. The lowest BCUT2D eigenvalue weighted by Gasteiger charge is -2.23. The molecular weight excluding hydrogens is 340 g/mol. The van der Waals surface area contributed by atoms with Crippen LogP contribution in [-0.4, -0.2) is 34.0 Å². The van der Waals surface area contributed by atoms with E-state index >= 15 is 0 Å². The second-order valence-corrected chi connectivity index (χ2v) is 8.11. The van der Waals surface area contributed by atoms with Crippen molar-refractivity contribution >= 4 is 15.9 Å². The van der Waals surface area contributed by atoms with Crippen LogP contribution in [-0.2, 0) is 10.0 Å². The van der Waals surface area contributed by atoms with Crippen molar-refractivity contribution in [2.75, 3.05) is 13.7 Å². The molecule has 1 aliphatic carbocycles. The topological polar surface area (TPSA) is 84.5 Å². The van der Waals surface area contributed by atoms with Gasteiger partial charge in [0.15, 0.2) is 0 Å². The van der Waals surface area contributed by atoms with Gasteiger partial charge in [-0.3, -0.25) is 4.79 Å². The average molecular weight is 368 g/mol. The van der Waals surface area contributed by atoms with Crippen molar-refractivity contribution in [3.63, 3.8) is 0 Å². The zero-order valence-electron chi connectivity index (χ0n) is 15.0. The molecule has 1 fully saturated rings. The first kappa shape index (κ1) is 19.7. The number of carbonyl (C=O) groups excluding carboxylic acids is 1. The fourth-order valence-electron chi connectivity index (χ4n) is 3.01. The van der Waals surface area contributed by atoms with Gasteiger partial charge in [0.1, 0.15) is 10.6 Å². The average Bonchev–Trinajstić information content (AvgIpc) is 2.61. The van der Waals surface area contributed by atoms with Crippen molar-refractivity contribution in [2.24, 2.45) is 0 Å². The molecule has 2 rings (SSSR count). The molecule has 1 saturated carbocycles. The maximum absolute atomic E-state index is 12.8. The van der Waals surface area contributed by atoms with Gasteiger partial charge in [-0.15, -0.1) is 0 Å². The molecule has 6 nitrogen and oxygen atoms in total. The number of ether oxygens (including phenoxy) is 1. The number of nitrogens with one attached hydrogen (secondary N) is 2. The molecule has 1 aromatic carbocycles. The van der Waals surface area contributed by atoms with Gasteiger partial charge in [0.2, 0.25) is 10.0 Å². The summed E-state index contributed by atoms with van der Waals surface area (Å²) >= 11 is 0. The summed E-state index contributed by atoms with van der Waals surface area (Å²) in [7, 11) is -2.31. The van der Waals surface area contributed by atoms with Gasteiger partial charge in [-0.25, -0.2) is 13.1 Å². The largest absolute Gasteiger partial charge is 0.495 e. The van der Waals surface area contributed by atoms with Crippen molar-refractivity contribution in [3.8, 4) is 5.75 Å². The van der Waals surface area contributed by atoms with Gasteiger partial charge < -0.3 is 10.1 Å². The van der Waals surface area contributed by atoms with Gasteiger partial charge in [-0.05, 0) is 37.5 Å². The summed E-state index contributed by atoms with van der Waals surface area (Å²) in [5.74, 6) is -0.0290. The lowest BCUT2D eigenvalue weighted by atomic mass is 9.96. The van der Waals surface area contributed by atoms with Crippen molar-refractivity contribution in [2.45, 2.75) is 62.8 Å². The van der Waals surface area contributed by atoms with E-state index in [0.717, 1.165) is 44.9 Å². The van der Waals surface area contributed by atoms with E-state index in [-0.39, 0.29) is 22.6 Å². The first-order chi connectivity index (χ1) is 12.0. The van der Waals surface area contributed by atoms with Crippen LogP contribution in [0.2, 0.25) is 0 Å². The summed E-state index contributed by atoms with van der Waals surface area (Å²) in [5.41, 5.74) is 0.320. The summed E-state index contributed by atoms with van der Waals surface area (Å²) in [4.78, 5) is 12.2. The molecule has 0 aromatic heterocycles. The number of amides is 1. The Morgan fingerprint density at radius 1 is 1.24 bits per heavy atom. The Morgan fingerprint density at radius 3 is 2.60 bits per heavy atom. The molecule has 0 saturated heterocycles. The predicted octanol–water partition coefficient (Wildman–Crippen LogP) is 2.84. The first-order valence-corrected chi connectivity index (χ1v) is 10.4. The van der Waals surface area contributed by atoms with Crippen LogP contribution in [0.15, 0.2) is 23.1 Å². The van der Waals surface area contributed by atoms with Gasteiger partial charge in [0, 0.05) is 18.2 Å². The molecule has 0 spiro atoms. The molecule has 0 radical (unpaired) electrons. The van der Waals surface area contributed by atoms with Gasteiger partial charge in [0.25, 0.3) is 5.91 Å². The van der Waals surface area contributed by atoms with Gasteiger partial charge >= 0.3 is 0 Å². The number of methoxy groups -OCH3 is 1. The van der Waals surface area contributed by atoms with Crippen molar-refractivity contribution in [1.82, 2.24) is 10.0 Å². The van der Waals surface area contributed by atoms with E-state index in [1.54, 1.807) is 6.07 Å². The Bertz CT molecular complexity index is 682. The number of carbonyl (C=O) groups is 1. The number of hydrogen-bond acceptors (Lipinski definition) is 4. The molecule has 140 valence electrons. The molecule has 0 atom stereocenters. The van der Waals surface area contributed by atoms with E-state index < -0.39 is 10.0 Å². The highest BCUT2D eigenvalue weighted by Crippen LogP contribution is 2.27. The van der Waals surface area contributed by atoms with Crippen LogP contribution in [0, 0.1) is 0 Å². The maximum atomic E-state index is 12.8. The summed E-state index contributed by atoms with van der Waals surface area (Å²) in [6.07, 6.45) is 6.77. The summed E-state index contributed by atoms with van der Waals surface area (Å²) in [6.45, 7) is 2.62.